The second-order valence-electron chi connectivity index (χ2n) is 7.93. The van der Waals surface area contributed by atoms with Crippen molar-refractivity contribution in [3.05, 3.63) is 53.1 Å². The van der Waals surface area contributed by atoms with Gasteiger partial charge >= 0.3 is 0 Å². The summed E-state index contributed by atoms with van der Waals surface area (Å²) in [5, 5.41) is 3.07. The lowest BCUT2D eigenvalue weighted by molar-refractivity contribution is -0.139. The maximum atomic E-state index is 13.6. The van der Waals surface area contributed by atoms with Gasteiger partial charge in [0, 0.05) is 18.1 Å². The van der Waals surface area contributed by atoms with Crippen molar-refractivity contribution in [2.75, 3.05) is 37.9 Å². The molecule has 2 aromatic carbocycles. The fourth-order valence-corrected chi connectivity index (χ4v) is 4.41. The van der Waals surface area contributed by atoms with Crippen molar-refractivity contribution < 1.29 is 27.5 Å². The van der Waals surface area contributed by atoms with Gasteiger partial charge in [-0.15, -0.1) is 0 Å². The van der Waals surface area contributed by atoms with E-state index in [-0.39, 0.29) is 28.9 Å². The minimum atomic E-state index is -3.91. The standard InChI is InChI=1S/C24H32ClN3O6S/c1-6-12-26-24(30)17(2)27(15-18-8-7-9-20(13-18)33-3)23(29)16-28(35(5,31)32)21-14-19(25)10-11-22(21)34-4/h7-11,13-14,17H,6,12,15-16H2,1-5H3,(H,26,30)/t17-/m1/s1. The van der Waals surface area contributed by atoms with Crippen molar-refractivity contribution in [2.24, 2.45) is 0 Å². The Morgan fingerprint density at radius 3 is 2.43 bits per heavy atom. The van der Waals surface area contributed by atoms with Crippen molar-refractivity contribution in [2.45, 2.75) is 32.9 Å². The highest BCUT2D eigenvalue weighted by molar-refractivity contribution is 7.92. The zero-order chi connectivity index (χ0) is 26.2. The van der Waals surface area contributed by atoms with Gasteiger partial charge in [-0.25, -0.2) is 8.42 Å². The summed E-state index contributed by atoms with van der Waals surface area (Å²) in [6, 6.07) is 10.7. The number of ether oxygens (including phenoxy) is 2. The van der Waals surface area contributed by atoms with Crippen molar-refractivity contribution >= 4 is 39.1 Å². The van der Waals surface area contributed by atoms with Crippen LogP contribution in [0.2, 0.25) is 5.02 Å². The second-order valence-corrected chi connectivity index (χ2v) is 10.3. The van der Waals surface area contributed by atoms with Gasteiger partial charge in [0.25, 0.3) is 0 Å². The fourth-order valence-electron chi connectivity index (χ4n) is 3.40. The molecule has 0 bridgehead atoms. The molecule has 2 rings (SSSR count). The molecular weight excluding hydrogens is 494 g/mol. The molecule has 0 aromatic heterocycles. The monoisotopic (exact) mass is 525 g/mol. The first-order valence-electron chi connectivity index (χ1n) is 11.0. The Labute approximate surface area is 212 Å². The molecule has 35 heavy (non-hydrogen) atoms. The predicted octanol–water partition coefficient (Wildman–Crippen LogP) is 3.07. The van der Waals surface area contributed by atoms with E-state index in [1.807, 2.05) is 6.92 Å². The number of sulfonamides is 1. The fraction of sp³-hybridized carbons (Fsp3) is 0.417. The maximum Gasteiger partial charge on any atom is 0.244 e. The zero-order valence-electron chi connectivity index (χ0n) is 20.6. The van der Waals surface area contributed by atoms with E-state index in [1.54, 1.807) is 37.3 Å². The van der Waals surface area contributed by atoms with Gasteiger partial charge in [-0.3, -0.25) is 13.9 Å². The summed E-state index contributed by atoms with van der Waals surface area (Å²) < 4.78 is 36.9. The molecule has 0 heterocycles. The van der Waals surface area contributed by atoms with E-state index >= 15 is 0 Å². The molecule has 192 valence electrons. The minimum Gasteiger partial charge on any atom is -0.497 e. The molecular formula is C24H32ClN3O6S. The third kappa shape index (κ3) is 7.76. The normalized spacial score (nSPS) is 11.9. The summed E-state index contributed by atoms with van der Waals surface area (Å²) in [5.74, 6) is -0.0751. The molecule has 2 amide bonds. The lowest BCUT2D eigenvalue weighted by atomic mass is 10.1. The van der Waals surface area contributed by atoms with Gasteiger partial charge in [0.1, 0.15) is 24.1 Å². The third-order valence-corrected chi connectivity index (χ3v) is 6.65. The smallest absolute Gasteiger partial charge is 0.244 e. The second kappa shape index (κ2) is 12.6. The number of hydrogen-bond acceptors (Lipinski definition) is 6. The van der Waals surface area contributed by atoms with Gasteiger partial charge in [0.2, 0.25) is 21.8 Å². The maximum absolute atomic E-state index is 13.6. The van der Waals surface area contributed by atoms with Crippen LogP contribution >= 0.6 is 11.6 Å². The first-order valence-corrected chi connectivity index (χ1v) is 13.3. The summed E-state index contributed by atoms with van der Waals surface area (Å²) in [4.78, 5) is 27.7. The van der Waals surface area contributed by atoms with E-state index in [0.717, 1.165) is 22.5 Å². The molecule has 0 aliphatic heterocycles. The Morgan fingerprint density at radius 2 is 1.83 bits per heavy atom. The summed E-state index contributed by atoms with van der Waals surface area (Å²) in [7, 11) is -0.987. The molecule has 0 unspecified atom stereocenters. The van der Waals surface area contributed by atoms with Crippen LogP contribution in [0.5, 0.6) is 11.5 Å². The number of halogens is 1. The van der Waals surface area contributed by atoms with Crippen LogP contribution in [-0.2, 0) is 26.2 Å². The SMILES string of the molecule is CCCNC(=O)[C@@H](C)N(Cc1cccc(OC)c1)C(=O)CN(c1cc(Cl)ccc1OC)S(C)(=O)=O. The molecule has 1 atom stereocenters. The van der Waals surface area contributed by atoms with Crippen molar-refractivity contribution in [1.29, 1.82) is 0 Å². The van der Waals surface area contributed by atoms with E-state index in [0.29, 0.717) is 12.3 Å². The summed E-state index contributed by atoms with van der Waals surface area (Å²) in [6.45, 7) is 3.51. The van der Waals surface area contributed by atoms with Crippen LogP contribution < -0.4 is 19.1 Å². The van der Waals surface area contributed by atoms with Gasteiger partial charge in [0.05, 0.1) is 26.2 Å². The molecule has 11 heteroatoms. The van der Waals surface area contributed by atoms with Gasteiger partial charge in [-0.1, -0.05) is 30.7 Å². The lowest BCUT2D eigenvalue weighted by Crippen LogP contribution is -2.51. The molecule has 2 aromatic rings. The number of carbonyl (C=O) groups is 2. The Kier molecular flexibility index (Phi) is 10.2. The van der Waals surface area contributed by atoms with Crippen LogP contribution in [0.25, 0.3) is 0 Å². The molecule has 0 radical (unpaired) electrons. The Morgan fingerprint density at radius 1 is 1.11 bits per heavy atom. The van der Waals surface area contributed by atoms with Crippen molar-refractivity contribution in [3.8, 4) is 11.5 Å². The van der Waals surface area contributed by atoms with E-state index in [1.165, 1.54) is 31.3 Å². The quantitative estimate of drug-likeness (QED) is 0.456. The highest BCUT2D eigenvalue weighted by atomic mass is 35.5. The molecule has 0 aliphatic carbocycles. The number of hydrogen-bond donors (Lipinski definition) is 1. The average Bonchev–Trinajstić information content (AvgIpc) is 2.83. The van der Waals surface area contributed by atoms with E-state index in [4.69, 9.17) is 21.1 Å². The number of methoxy groups -OCH3 is 2. The largest absolute Gasteiger partial charge is 0.497 e. The highest BCUT2D eigenvalue weighted by Crippen LogP contribution is 2.33. The average molecular weight is 526 g/mol. The molecule has 0 saturated heterocycles. The van der Waals surface area contributed by atoms with E-state index in [9.17, 15) is 18.0 Å². The van der Waals surface area contributed by atoms with E-state index < -0.39 is 28.5 Å². The van der Waals surface area contributed by atoms with Gasteiger partial charge in [0.15, 0.2) is 0 Å². The minimum absolute atomic E-state index is 0.0705. The van der Waals surface area contributed by atoms with Crippen molar-refractivity contribution in [3.63, 3.8) is 0 Å². The topological polar surface area (TPSA) is 105 Å². The van der Waals surface area contributed by atoms with Gasteiger partial charge in [-0.05, 0) is 49.2 Å². The number of rotatable bonds is 12. The predicted molar refractivity (Wildman–Crippen MR) is 137 cm³/mol. The number of amides is 2. The first-order chi connectivity index (χ1) is 16.5. The number of nitrogens with one attached hydrogen (secondary N) is 1. The Bertz CT molecular complexity index is 1140. The highest BCUT2D eigenvalue weighted by Gasteiger charge is 2.31. The van der Waals surface area contributed by atoms with Crippen LogP contribution in [0.3, 0.4) is 0 Å². The van der Waals surface area contributed by atoms with E-state index in [2.05, 4.69) is 5.32 Å². The number of benzene rings is 2. The van der Waals surface area contributed by atoms with Crippen LogP contribution in [-0.4, -0.2) is 64.7 Å². The van der Waals surface area contributed by atoms with Crippen LogP contribution in [0, 0.1) is 0 Å². The van der Waals surface area contributed by atoms with Crippen LogP contribution in [0.15, 0.2) is 42.5 Å². The summed E-state index contributed by atoms with van der Waals surface area (Å²) in [6.07, 6.45) is 1.73. The molecule has 0 saturated carbocycles. The summed E-state index contributed by atoms with van der Waals surface area (Å²) in [5.41, 5.74) is 0.847. The number of nitrogens with zero attached hydrogens (tertiary/aromatic N) is 2. The Hall–Kier alpha value is -2.98. The summed E-state index contributed by atoms with van der Waals surface area (Å²) >= 11 is 6.11. The lowest BCUT2D eigenvalue weighted by Gasteiger charge is -2.32. The molecule has 0 spiro atoms. The first kappa shape index (κ1) is 28.3. The number of carbonyl (C=O) groups excluding carboxylic acids is 2. The molecule has 9 nitrogen and oxygen atoms in total. The Balaban J connectivity index is 2.46. The molecule has 0 fully saturated rings. The van der Waals surface area contributed by atoms with Gasteiger partial charge in [-0.2, -0.15) is 0 Å². The molecule has 0 aliphatic rings. The van der Waals surface area contributed by atoms with Gasteiger partial charge < -0.3 is 19.7 Å². The zero-order valence-corrected chi connectivity index (χ0v) is 22.1. The van der Waals surface area contributed by atoms with Crippen molar-refractivity contribution in [1.82, 2.24) is 10.2 Å². The third-order valence-electron chi connectivity index (χ3n) is 5.29. The molecule has 1 N–H and O–H groups in total. The number of anilines is 1. The van der Waals surface area contributed by atoms with Crippen LogP contribution in [0.4, 0.5) is 5.69 Å². The van der Waals surface area contributed by atoms with Crippen LogP contribution in [0.1, 0.15) is 25.8 Å².